The predicted octanol–water partition coefficient (Wildman–Crippen LogP) is 2.86. The summed E-state index contributed by atoms with van der Waals surface area (Å²) < 4.78 is 75.6. The van der Waals surface area contributed by atoms with E-state index in [-0.39, 0.29) is 22.9 Å². The molecule has 0 saturated heterocycles. The van der Waals surface area contributed by atoms with Crippen molar-refractivity contribution in [2.24, 2.45) is 0 Å². The zero-order valence-corrected chi connectivity index (χ0v) is 10.6. The number of ether oxygens (including phenoxy) is 3. The van der Waals surface area contributed by atoms with E-state index in [4.69, 9.17) is 15.2 Å². The van der Waals surface area contributed by atoms with Crippen LogP contribution in [-0.2, 0) is 0 Å². The van der Waals surface area contributed by atoms with Gasteiger partial charge in [-0.2, -0.15) is 22.0 Å². The fraction of sp³-hybridized carbons (Fsp3) is 0.455. The molecule has 114 valence electrons. The summed E-state index contributed by atoms with van der Waals surface area (Å²) in [6.45, 7) is -1.88. The molecule has 0 aromatic heterocycles. The van der Waals surface area contributed by atoms with E-state index in [1.165, 1.54) is 20.3 Å². The molecule has 0 saturated carbocycles. The average Bonchev–Trinajstić information content (AvgIpc) is 2.35. The number of alkyl halides is 5. The first-order valence-corrected chi connectivity index (χ1v) is 5.21. The van der Waals surface area contributed by atoms with Crippen molar-refractivity contribution in [3.63, 3.8) is 0 Å². The van der Waals surface area contributed by atoms with E-state index in [2.05, 4.69) is 4.74 Å². The molecule has 0 atom stereocenters. The topological polar surface area (TPSA) is 53.7 Å². The quantitative estimate of drug-likeness (QED) is 0.671. The fourth-order valence-corrected chi connectivity index (χ4v) is 1.25. The third kappa shape index (κ3) is 3.34. The average molecular weight is 301 g/mol. The van der Waals surface area contributed by atoms with Crippen LogP contribution in [0.4, 0.5) is 27.6 Å². The maximum absolute atomic E-state index is 12.7. The first-order valence-electron chi connectivity index (χ1n) is 5.21. The third-order valence-electron chi connectivity index (χ3n) is 2.34. The summed E-state index contributed by atoms with van der Waals surface area (Å²) in [7, 11) is 2.58. The number of rotatable bonds is 5. The molecule has 1 aromatic carbocycles. The Bertz CT molecular complexity index is 476. The molecule has 4 nitrogen and oxygen atoms in total. The van der Waals surface area contributed by atoms with Gasteiger partial charge >= 0.3 is 12.1 Å². The first kappa shape index (κ1) is 16.1. The summed E-state index contributed by atoms with van der Waals surface area (Å²) in [4.78, 5) is 0. The van der Waals surface area contributed by atoms with E-state index in [1.54, 1.807) is 0 Å². The molecule has 0 unspecified atom stereocenters. The van der Waals surface area contributed by atoms with Crippen LogP contribution in [-0.4, -0.2) is 32.9 Å². The smallest absolute Gasteiger partial charge is 0.456 e. The van der Waals surface area contributed by atoms with Gasteiger partial charge < -0.3 is 19.9 Å². The van der Waals surface area contributed by atoms with Gasteiger partial charge in [-0.25, -0.2) is 0 Å². The number of hydrogen-bond donors (Lipinski definition) is 1. The van der Waals surface area contributed by atoms with E-state index in [1.807, 2.05) is 0 Å². The Labute approximate surface area is 111 Å². The lowest BCUT2D eigenvalue weighted by Gasteiger charge is -2.20. The number of anilines is 1. The number of nitrogens with two attached hydrogens (primary N) is 1. The molecule has 0 aliphatic heterocycles. The number of benzene rings is 1. The predicted molar refractivity (Wildman–Crippen MR) is 60.5 cm³/mol. The number of nitrogen functional groups attached to an aromatic ring is 1. The Kier molecular flexibility index (Phi) is 4.51. The number of halogens is 5. The molecule has 20 heavy (non-hydrogen) atoms. The summed E-state index contributed by atoms with van der Waals surface area (Å²) in [5, 5.41) is 0. The van der Waals surface area contributed by atoms with Crippen LogP contribution in [0.3, 0.4) is 0 Å². The second-order valence-corrected chi connectivity index (χ2v) is 3.74. The molecule has 0 amide bonds. The highest BCUT2D eigenvalue weighted by Gasteiger charge is 2.58. The maximum Gasteiger partial charge on any atom is 0.456 e. The molecule has 0 aliphatic rings. The largest absolute Gasteiger partial charge is 0.493 e. The van der Waals surface area contributed by atoms with E-state index >= 15 is 0 Å². The van der Waals surface area contributed by atoms with Gasteiger partial charge in [0.25, 0.3) is 0 Å². The first-order chi connectivity index (χ1) is 9.12. The van der Waals surface area contributed by atoms with Crippen LogP contribution in [0.2, 0.25) is 0 Å². The molecule has 0 heterocycles. The lowest BCUT2D eigenvalue weighted by atomic mass is 10.2. The minimum absolute atomic E-state index is 0.0898. The van der Waals surface area contributed by atoms with Crippen molar-refractivity contribution in [2.45, 2.75) is 12.1 Å². The standard InChI is InChI=1S/C11H12F5NO3/c1-18-8-3-6(17)7(4-9(8)19-2)20-5-10(12,13)11(14,15)16/h3-4H,5,17H2,1-2H3. The minimum atomic E-state index is -5.70. The zero-order chi connectivity index (χ0) is 15.6. The van der Waals surface area contributed by atoms with Gasteiger partial charge in [0.1, 0.15) is 5.75 Å². The Morgan fingerprint density at radius 3 is 1.90 bits per heavy atom. The van der Waals surface area contributed by atoms with Crippen molar-refractivity contribution < 1.29 is 36.2 Å². The molecule has 0 spiro atoms. The van der Waals surface area contributed by atoms with Crippen molar-refractivity contribution in [3.05, 3.63) is 12.1 Å². The summed E-state index contributed by atoms with van der Waals surface area (Å²) in [6, 6.07) is 2.26. The minimum Gasteiger partial charge on any atom is -0.493 e. The van der Waals surface area contributed by atoms with Crippen LogP contribution in [0.5, 0.6) is 17.2 Å². The lowest BCUT2D eigenvalue weighted by Crippen LogP contribution is -2.41. The van der Waals surface area contributed by atoms with Crippen LogP contribution < -0.4 is 19.9 Å². The zero-order valence-electron chi connectivity index (χ0n) is 10.6. The van der Waals surface area contributed by atoms with Crippen molar-refractivity contribution in [2.75, 3.05) is 26.6 Å². The van der Waals surface area contributed by atoms with Crippen LogP contribution in [0.15, 0.2) is 12.1 Å². The van der Waals surface area contributed by atoms with Gasteiger partial charge in [-0.1, -0.05) is 0 Å². The fourth-order valence-electron chi connectivity index (χ4n) is 1.25. The van der Waals surface area contributed by atoms with Gasteiger partial charge in [0.2, 0.25) is 0 Å². The highest BCUT2D eigenvalue weighted by atomic mass is 19.4. The van der Waals surface area contributed by atoms with E-state index < -0.39 is 18.7 Å². The molecule has 0 radical (unpaired) electrons. The molecule has 0 fully saturated rings. The Morgan fingerprint density at radius 2 is 1.45 bits per heavy atom. The van der Waals surface area contributed by atoms with E-state index in [0.717, 1.165) is 6.07 Å². The summed E-state index contributed by atoms with van der Waals surface area (Å²) in [5.41, 5.74) is 5.32. The third-order valence-corrected chi connectivity index (χ3v) is 2.34. The van der Waals surface area contributed by atoms with Crippen LogP contribution in [0.25, 0.3) is 0 Å². The summed E-state index contributed by atoms with van der Waals surface area (Å²) in [6.07, 6.45) is -5.70. The molecule has 1 rings (SSSR count). The van der Waals surface area contributed by atoms with Crippen LogP contribution in [0.1, 0.15) is 0 Å². The SMILES string of the molecule is COc1cc(N)c(OCC(F)(F)C(F)(F)F)cc1OC. The van der Waals surface area contributed by atoms with E-state index in [9.17, 15) is 22.0 Å². The van der Waals surface area contributed by atoms with Gasteiger partial charge in [-0.15, -0.1) is 0 Å². The molecule has 2 N–H and O–H groups in total. The second kappa shape index (κ2) is 5.59. The van der Waals surface area contributed by atoms with Gasteiger partial charge in [-0.3, -0.25) is 0 Å². The van der Waals surface area contributed by atoms with Gasteiger partial charge in [0.15, 0.2) is 18.1 Å². The molecule has 0 aliphatic carbocycles. The molecular formula is C11H12F5NO3. The normalized spacial score (nSPS) is 12.2. The molecule has 9 heteroatoms. The van der Waals surface area contributed by atoms with Crippen molar-refractivity contribution in [1.82, 2.24) is 0 Å². The highest BCUT2D eigenvalue weighted by Crippen LogP contribution is 2.39. The van der Waals surface area contributed by atoms with Gasteiger partial charge in [0.05, 0.1) is 19.9 Å². The molecular weight excluding hydrogens is 289 g/mol. The number of hydrogen-bond acceptors (Lipinski definition) is 4. The van der Waals surface area contributed by atoms with Gasteiger partial charge in [-0.05, 0) is 0 Å². The Morgan fingerprint density at radius 1 is 0.950 bits per heavy atom. The van der Waals surface area contributed by atoms with Crippen molar-refractivity contribution >= 4 is 5.69 Å². The van der Waals surface area contributed by atoms with E-state index in [0.29, 0.717) is 0 Å². The van der Waals surface area contributed by atoms with Crippen LogP contribution >= 0.6 is 0 Å². The Balaban J connectivity index is 2.94. The maximum atomic E-state index is 12.7. The molecule has 1 aromatic rings. The highest BCUT2D eigenvalue weighted by molar-refractivity contribution is 5.61. The summed E-state index contributed by atoms with van der Waals surface area (Å²) >= 11 is 0. The second-order valence-electron chi connectivity index (χ2n) is 3.74. The van der Waals surface area contributed by atoms with Crippen molar-refractivity contribution in [1.29, 1.82) is 0 Å². The van der Waals surface area contributed by atoms with Gasteiger partial charge in [0, 0.05) is 12.1 Å². The van der Waals surface area contributed by atoms with Crippen LogP contribution in [0, 0.1) is 0 Å². The molecule has 0 bridgehead atoms. The monoisotopic (exact) mass is 301 g/mol. The summed E-state index contributed by atoms with van der Waals surface area (Å²) in [5.74, 6) is -5.05. The Hall–Kier alpha value is -1.93. The van der Waals surface area contributed by atoms with Crippen molar-refractivity contribution in [3.8, 4) is 17.2 Å². The lowest BCUT2D eigenvalue weighted by molar-refractivity contribution is -0.289. The number of methoxy groups -OCH3 is 2.